The highest BCUT2D eigenvalue weighted by Gasteiger charge is 2.75. The molecule has 3 aliphatic heterocycles. The molecule has 2 aromatic rings. The van der Waals surface area contributed by atoms with Crippen molar-refractivity contribution in [3.63, 3.8) is 0 Å². The highest BCUT2D eigenvalue weighted by molar-refractivity contribution is 6.29. The molecule has 2 unspecified atom stereocenters. The van der Waals surface area contributed by atoms with Crippen LogP contribution in [0.1, 0.15) is 41.8 Å². The molecule has 12 heteroatoms. The van der Waals surface area contributed by atoms with Crippen LogP contribution in [0.2, 0.25) is 5.15 Å². The topological polar surface area (TPSA) is 112 Å². The lowest BCUT2D eigenvalue weighted by atomic mass is 9.66. The van der Waals surface area contributed by atoms with Gasteiger partial charge in [0.2, 0.25) is 11.8 Å². The minimum absolute atomic E-state index is 0.0865. The number of anilines is 1. The van der Waals surface area contributed by atoms with E-state index >= 15 is 0 Å². The van der Waals surface area contributed by atoms with Crippen LogP contribution in [-0.2, 0) is 20.5 Å². The number of nitrogens with zero attached hydrogens (tertiary/aromatic N) is 3. The summed E-state index contributed by atoms with van der Waals surface area (Å²) in [6.45, 7) is 3.28. The number of hydrogen-bond donors (Lipinski definition) is 1. The van der Waals surface area contributed by atoms with Crippen molar-refractivity contribution in [2.75, 3.05) is 11.4 Å². The van der Waals surface area contributed by atoms with E-state index in [9.17, 15) is 27.6 Å². The summed E-state index contributed by atoms with van der Waals surface area (Å²) in [7, 11) is 0. The lowest BCUT2D eigenvalue weighted by Gasteiger charge is -2.35. The number of Topliss-reactive ketones (excluding diaryl/α,β-unsaturated/α-hetero) is 1. The van der Waals surface area contributed by atoms with Gasteiger partial charge in [-0.3, -0.25) is 14.4 Å². The number of fused-ring (bicyclic) bond motifs is 5. The maximum Gasteiger partial charge on any atom is 0.417 e. The molecule has 8 nitrogen and oxygen atoms in total. The van der Waals surface area contributed by atoms with Gasteiger partial charge in [0.05, 0.1) is 52.5 Å². The summed E-state index contributed by atoms with van der Waals surface area (Å²) in [5.41, 5.74) is -3.99. The van der Waals surface area contributed by atoms with Crippen LogP contribution in [0.3, 0.4) is 0 Å². The zero-order valence-corrected chi connectivity index (χ0v) is 20.4. The molecule has 1 aromatic heterocycles. The number of aromatic nitrogens is 1. The lowest BCUT2D eigenvalue weighted by molar-refractivity contribution is -0.138. The summed E-state index contributed by atoms with van der Waals surface area (Å²) >= 11 is 5.76. The number of amides is 2. The molecule has 3 saturated heterocycles. The molecule has 3 fully saturated rings. The molecule has 192 valence electrons. The van der Waals surface area contributed by atoms with Gasteiger partial charge < -0.3 is 10.1 Å². The summed E-state index contributed by atoms with van der Waals surface area (Å²) in [6, 6.07) is 6.80. The molecule has 2 amide bonds. The quantitative estimate of drug-likeness (QED) is 0.356. The van der Waals surface area contributed by atoms with Gasteiger partial charge in [0.25, 0.3) is 0 Å². The van der Waals surface area contributed by atoms with E-state index in [4.69, 9.17) is 21.6 Å². The molecule has 0 saturated carbocycles. The third kappa shape index (κ3) is 3.82. The minimum Gasteiger partial charge on any atom is -0.366 e. The monoisotopic (exact) mass is 532 g/mol. The van der Waals surface area contributed by atoms with Gasteiger partial charge >= 0.3 is 6.18 Å². The van der Waals surface area contributed by atoms with Crippen molar-refractivity contribution < 1.29 is 32.3 Å². The number of imide groups is 1. The molecule has 0 radical (unpaired) electrons. The van der Waals surface area contributed by atoms with E-state index in [1.165, 1.54) is 18.3 Å². The number of ether oxygens (including phenoxy) is 1. The van der Waals surface area contributed by atoms with E-state index in [2.05, 4.69) is 10.3 Å². The molecular weight excluding hydrogens is 513 g/mol. The van der Waals surface area contributed by atoms with Gasteiger partial charge in [-0.1, -0.05) is 11.6 Å². The van der Waals surface area contributed by atoms with Gasteiger partial charge in [-0.05, 0) is 50.6 Å². The Morgan fingerprint density at radius 3 is 2.57 bits per heavy atom. The zero-order chi connectivity index (χ0) is 26.9. The van der Waals surface area contributed by atoms with Crippen molar-refractivity contribution in [3.8, 4) is 6.07 Å². The van der Waals surface area contributed by atoms with E-state index in [1.54, 1.807) is 19.9 Å². The molecule has 5 rings (SSSR count). The molecular formula is C25H20ClF3N4O4. The molecule has 2 bridgehead atoms. The number of ketones is 1. The molecule has 5 atom stereocenters. The highest BCUT2D eigenvalue weighted by Crippen LogP contribution is 2.61. The van der Waals surface area contributed by atoms with Crippen LogP contribution in [0.15, 0.2) is 36.5 Å². The maximum atomic E-state index is 13.6. The fraction of sp³-hybridized carbons (Fsp3) is 0.400. The number of halogens is 4. The van der Waals surface area contributed by atoms with Crippen LogP contribution >= 0.6 is 11.6 Å². The number of alkyl halides is 3. The highest BCUT2D eigenvalue weighted by atomic mass is 35.5. The van der Waals surface area contributed by atoms with Crippen LogP contribution in [0, 0.1) is 23.2 Å². The third-order valence-corrected chi connectivity index (χ3v) is 7.81. The summed E-state index contributed by atoms with van der Waals surface area (Å²) < 4.78 is 46.8. The fourth-order valence-corrected chi connectivity index (χ4v) is 6.06. The number of nitrogens with one attached hydrogen (secondary N) is 1. The summed E-state index contributed by atoms with van der Waals surface area (Å²) in [5, 5.41) is 12.5. The van der Waals surface area contributed by atoms with Crippen molar-refractivity contribution in [2.24, 2.45) is 11.8 Å². The molecule has 4 heterocycles. The smallest absolute Gasteiger partial charge is 0.366 e. The van der Waals surface area contributed by atoms with Crippen LogP contribution in [0.5, 0.6) is 0 Å². The zero-order valence-electron chi connectivity index (χ0n) is 19.6. The second kappa shape index (κ2) is 8.34. The summed E-state index contributed by atoms with van der Waals surface area (Å²) in [4.78, 5) is 44.2. The Hall–Kier alpha value is -3.33. The first kappa shape index (κ1) is 25.3. The number of carbonyl (C=O) groups is 3. The molecule has 1 N–H and O–H groups in total. The Morgan fingerprint density at radius 2 is 1.95 bits per heavy atom. The van der Waals surface area contributed by atoms with E-state index in [0.29, 0.717) is 18.1 Å². The second-order valence-corrected chi connectivity index (χ2v) is 10.2. The van der Waals surface area contributed by atoms with Crippen LogP contribution in [0.4, 0.5) is 18.9 Å². The Bertz CT molecular complexity index is 1380. The average Bonchev–Trinajstić information content (AvgIpc) is 3.37. The predicted octanol–water partition coefficient (Wildman–Crippen LogP) is 3.52. The van der Waals surface area contributed by atoms with E-state index in [0.717, 1.165) is 17.0 Å². The van der Waals surface area contributed by atoms with Crippen molar-refractivity contribution in [1.29, 1.82) is 5.26 Å². The third-order valence-electron chi connectivity index (χ3n) is 7.58. The number of rotatable bonds is 5. The van der Waals surface area contributed by atoms with E-state index < -0.39 is 58.2 Å². The average molecular weight is 533 g/mol. The molecule has 3 aliphatic rings. The van der Waals surface area contributed by atoms with Gasteiger partial charge in [-0.25, -0.2) is 9.88 Å². The van der Waals surface area contributed by atoms with Crippen LogP contribution in [-0.4, -0.2) is 46.4 Å². The maximum absolute atomic E-state index is 13.6. The first-order chi connectivity index (χ1) is 17.3. The number of hydrogen-bond acceptors (Lipinski definition) is 7. The Labute approximate surface area is 214 Å². The van der Waals surface area contributed by atoms with Crippen LogP contribution in [0.25, 0.3) is 0 Å². The van der Waals surface area contributed by atoms with E-state index in [-0.39, 0.29) is 23.2 Å². The van der Waals surface area contributed by atoms with Crippen molar-refractivity contribution in [1.82, 2.24) is 10.3 Å². The molecule has 0 spiro atoms. The summed E-state index contributed by atoms with van der Waals surface area (Å²) in [6.07, 6.45) is -3.18. The van der Waals surface area contributed by atoms with Gasteiger partial charge in [-0.2, -0.15) is 18.4 Å². The summed E-state index contributed by atoms with van der Waals surface area (Å²) in [5.74, 6) is -3.46. The lowest BCUT2D eigenvalue weighted by Crippen LogP contribution is -2.55. The largest absolute Gasteiger partial charge is 0.417 e. The Balaban J connectivity index is 1.42. The second-order valence-electron chi connectivity index (χ2n) is 9.84. The standard InChI is InChI=1S/C25H20ClF3N4O4/c1-23-8-17(31-11-16(34)13-4-6-18(26)32-10-13)24(2,37-23)20-19(23)21(35)33(22(20)36)14-5-3-12(9-30)15(7-14)25(27,28)29/h3-7,10,17,19-20,31H,8,11H2,1-2H3/t17-,19-,20+,23?,24?/m1/s1. The molecule has 37 heavy (non-hydrogen) atoms. The SMILES string of the molecule is CC12C[C@@H](NCC(=O)c3ccc(Cl)nc3)C(C)(O1)[C@@H]1C(=O)N(c3ccc(C#N)c(C(F)(F)F)c3)C(=O)[C@@H]12. The molecule has 1 aromatic carbocycles. The minimum atomic E-state index is -4.84. The number of nitriles is 1. The predicted molar refractivity (Wildman–Crippen MR) is 124 cm³/mol. The van der Waals surface area contributed by atoms with Crippen molar-refractivity contribution in [2.45, 2.75) is 43.7 Å². The Morgan fingerprint density at radius 1 is 1.24 bits per heavy atom. The van der Waals surface area contributed by atoms with Gasteiger partial charge in [0.1, 0.15) is 5.15 Å². The Kier molecular flexibility index (Phi) is 5.71. The fourth-order valence-electron chi connectivity index (χ4n) is 5.95. The van der Waals surface area contributed by atoms with Crippen LogP contribution < -0.4 is 10.2 Å². The van der Waals surface area contributed by atoms with Gasteiger partial charge in [0.15, 0.2) is 5.78 Å². The molecule has 0 aliphatic carbocycles. The van der Waals surface area contributed by atoms with Gasteiger partial charge in [-0.15, -0.1) is 0 Å². The number of carbonyl (C=O) groups excluding carboxylic acids is 3. The first-order valence-electron chi connectivity index (χ1n) is 11.4. The van der Waals surface area contributed by atoms with Crippen molar-refractivity contribution >= 4 is 34.9 Å². The first-order valence-corrected chi connectivity index (χ1v) is 11.8. The number of benzene rings is 1. The van der Waals surface area contributed by atoms with Gasteiger partial charge in [0, 0.05) is 17.8 Å². The van der Waals surface area contributed by atoms with Crippen molar-refractivity contribution in [3.05, 3.63) is 58.4 Å². The number of pyridine rings is 1. The normalized spacial score (nSPS) is 30.5. The van der Waals surface area contributed by atoms with E-state index in [1.807, 2.05) is 0 Å².